The van der Waals surface area contributed by atoms with Crippen LogP contribution in [0.2, 0.25) is 0 Å². The van der Waals surface area contributed by atoms with Gasteiger partial charge in [0, 0.05) is 30.6 Å². The Bertz CT molecular complexity index is 688. The first-order valence-corrected chi connectivity index (χ1v) is 8.64. The lowest BCUT2D eigenvalue weighted by Gasteiger charge is -2.30. The number of ether oxygens (including phenoxy) is 1. The predicted octanol–water partition coefficient (Wildman–Crippen LogP) is 0.377. The summed E-state index contributed by atoms with van der Waals surface area (Å²) in [6.07, 6.45) is 2.00. The molecule has 0 atom stereocenters. The molecule has 0 aromatic heterocycles. The zero-order valence-electron chi connectivity index (χ0n) is 15.6. The smallest absolute Gasteiger partial charge is 0.414 e. The van der Waals surface area contributed by atoms with Gasteiger partial charge in [0.15, 0.2) is 0 Å². The van der Waals surface area contributed by atoms with Gasteiger partial charge < -0.3 is 30.9 Å². The Morgan fingerprint density at radius 2 is 1.79 bits per heavy atom. The summed E-state index contributed by atoms with van der Waals surface area (Å²) in [6, 6.07) is 7.29. The van der Waals surface area contributed by atoms with Crippen LogP contribution < -0.4 is 15.8 Å². The number of benzene rings is 1. The number of amides is 2. The third-order valence-electron chi connectivity index (χ3n) is 4.18. The molecule has 1 heterocycles. The van der Waals surface area contributed by atoms with Gasteiger partial charge in [0.1, 0.15) is 5.75 Å². The first-order valence-electron chi connectivity index (χ1n) is 8.64. The van der Waals surface area contributed by atoms with Gasteiger partial charge in [0.25, 0.3) is 0 Å². The van der Waals surface area contributed by atoms with Crippen molar-refractivity contribution in [2.75, 3.05) is 32.1 Å². The maximum Gasteiger partial charge on any atom is 0.414 e. The molecule has 0 saturated carbocycles. The van der Waals surface area contributed by atoms with Gasteiger partial charge in [0.2, 0.25) is 11.8 Å². The molecular weight excluding hydrogens is 370 g/mol. The van der Waals surface area contributed by atoms with Crippen LogP contribution in [0.15, 0.2) is 24.3 Å². The van der Waals surface area contributed by atoms with Crippen molar-refractivity contribution >= 4 is 29.4 Å². The summed E-state index contributed by atoms with van der Waals surface area (Å²) in [5.74, 6) is -3.18. The number of nitrogens with zero attached hydrogens (tertiary/aromatic N) is 1. The fraction of sp³-hybridized carbons (Fsp3) is 0.444. The van der Waals surface area contributed by atoms with Crippen LogP contribution in [0.4, 0.5) is 5.69 Å². The van der Waals surface area contributed by atoms with E-state index in [1.165, 1.54) is 0 Å². The van der Waals surface area contributed by atoms with Crippen molar-refractivity contribution in [3.05, 3.63) is 24.3 Å². The number of hydrogen-bond acceptors (Lipinski definition) is 6. The molecule has 10 heteroatoms. The minimum atomic E-state index is -1.82. The lowest BCUT2D eigenvalue weighted by Crippen LogP contribution is -2.39. The Morgan fingerprint density at radius 3 is 2.29 bits per heavy atom. The summed E-state index contributed by atoms with van der Waals surface area (Å²) < 4.78 is 5.12. The summed E-state index contributed by atoms with van der Waals surface area (Å²) in [7, 11) is 1.59. The van der Waals surface area contributed by atoms with Crippen LogP contribution in [-0.2, 0) is 19.2 Å². The van der Waals surface area contributed by atoms with Gasteiger partial charge in [-0.05, 0) is 38.1 Å². The second-order valence-corrected chi connectivity index (χ2v) is 6.16. The molecule has 0 aliphatic carbocycles. The summed E-state index contributed by atoms with van der Waals surface area (Å²) in [4.78, 5) is 43.5. The molecule has 1 fully saturated rings. The number of piperidine rings is 1. The molecule has 1 aromatic carbocycles. The van der Waals surface area contributed by atoms with Crippen LogP contribution in [0.1, 0.15) is 19.3 Å². The predicted molar refractivity (Wildman–Crippen MR) is 99.9 cm³/mol. The number of likely N-dealkylation sites (tertiary alicyclic amines) is 1. The topological polar surface area (TPSA) is 159 Å². The van der Waals surface area contributed by atoms with Gasteiger partial charge >= 0.3 is 11.9 Å². The molecule has 28 heavy (non-hydrogen) atoms. The number of methoxy groups -OCH3 is 1. The van der Waals surface area contributed by atoms with Crippen molar-refractivity contribution < 1.29 is 34.1 Å². The number of primary amides is 1. The monoisotopic (exact) mass is 395 g/mol. The van der Waals surface area contributed by atoms with Crippen molar-refractivity contribution in [1.29, 1.82) is 0 Å². The van der Waals surface area contributed by atoms with E-state index in [0.29, 0.717) is 18.7 Å². The van der Waals surface area contributed by atoms with Gasteiger partial charge in [-0.15, -0.1) is 0 Å². The fourth-order valence-corrected chi connectivity index (χ4v) is 2.63. The highest BCUT2D eigenvalue weighted by Gasteiger charge is 2.23. The van der Waals surface area contributed by atoms with Crippen LogP contribution in [0.5, 0.6) is 5.75 Å². The Hall–Kier alpha value is -3.14. The van der Waals surface area contributed by atoms with E-state index in [9.17, 15) is 9.59 Å². The molecule has 154 valence electrons. The highest BCUT2D eigenvalue weighted by Crippen LogP contribution is 2.18. The minimum absolute atomic E-state index is 0.0122. The first-order chi connectivity index (χ1) is 13.2. The van der Waals surface area contributed by atoms with E-state index in [1.54, 1.807) is 13.2 Å². The number of nitrogens with one attached hydrogen (secondary N) is 1. The second-order valence-electron chi connectivity index (χ2n) is 6.16. The molecule has 1 aromatic rings. The van der Waals surface area contributed by atoms with Crippen LogP contribution in [0.25, 0.3) is 0 Å². The average molecular weight is 395 g/mol. The molecule has 0 radical (unpaired) electrons. The number of nitrogens with two attached hydrogens (primary N) is 1. The third-order valence-corrected chi connectivity index (χ3v) is 4.18. The van der Waals surface area contributed by atoms with Crippen molar-refractivity contribution in [1.82, 2.24) is 4.90 Å². The van der Waals surface area contributed by atoms with Gasteiger partial charge in [-0.25, -0.2) is 9.59 Å². The Labute approximate surface area is 162 Å². The Kier molecular flexibility index (Phi) is 9.44. The van der Waals surface area contributed by atoms with E-state index in [-0.39, 0.29) is 17.7 Å². The normalized spacial score (nSPS) is 14.3. The number of carboxylic acids is 2. The highest BCUT2D eigenvalue weighted by atomic mass is 16.5. The molecule has 5 N–H and O–H groups in total. The summed E-state index contributed by atoms with van der Waals surface area (Å²) in [5, 5.41) is 17.6. The van der Waals surface area contributed by atoms with Crippen LogP contribution in [0, 0.1) is 5.92 Å². The zero-order chi connectivity index (χ0) is 21.1. The van der Waals surface area contributed by atoms with E-state index < -0.39 is 11.9 Å². The highest BCUT2D eigenvalue weighted by molar-refractivity contribution is 6.27. The Balaban J connectivity index is 0.000000568. The molecule has 1 saturated heterocycles. The van der Waals surface area contributed by atoms with E-state index in [0.717, 1.165) is 31.6 Å². The standard InChI is InChI=1S/C16H23N3O3.C2H2O4/c1-22-14-4-2-3-13(11-14)18-15(20)7-10-19-8-5-12(6-9-19)16(17)21;3-1(4)2(5)6/h2-4,11-12H,5-10H2,1H3,(H2,17,21)(H,18,20);(H,3,4)(H,5,6). The van der Waals surface area contributed by atoms with Gasteiger partial charge in [-0.3, -0.25) is 9.59 Å². The van der Waals surface area contributed by atoms with Crippen molar-refractivity contribution in [2.24, 2.45) is 11.7 Å². The SMILES string of the molecule is COc1cccc(NC(=O)CCN2CCC(C(N)=O)CC2)c1.O=C(O)C(=O)O. The van der Waals surface area contributed by atoms with E-state index in [1.807, 2.05) is 18.2 Å². The van der Waals surface area contributed by atoms with E-state index >= 15 is 0 Å². The Morgan fingerprint density at radius 1 is 1.18 bits per heavy atom. The van der Waals surface area contributed by atoms with Gasteiger partial charge in [-0.1, -0.05) is 6.07 Å². The van der Waals surface area contributed by atoms with Crippen LogP contribution >= 0.6 is 0 Å². The maximum absolute atomic E-state index is 12.0. The summed E-state index contributed by atoms with van der Waals surface area (Å²) in [5.41, 5.74) is 6.05. The molecule has 1 aliphatic rings. The molecule has 2 amide bonds. The number of anilines is 1. The van der Waals surface area contributed by atoms with Gasteiger partial charge in [0.05, 0.1) is 7.11 Å². The number of hydrogen-bond donors (Lipinski definition) is 4. The molecule has 2 rings (SSSR count). The molecule has 0 bridgehead atoms. The number of rotatable bonds is 6. The van der Waals surface area contributed by atoms with Crippen molar-refractivity contribution in [3.63, 3.8) is 0 Å². The average Bonchev–Trinajstić information content (AvgIpc) is 2.67. The van der Waals surface area contributed by atoms with Crippen molar-refractivity contribution in [2.45, 2.75) is 19.3 Å². The fourth-order valence-electron chi connectivity index (χ4n) is 2.63. The van der Waals surface area contributed by atoms with Crippen LogP contribution in [0.3, 0.4) is 0 Å². The molecule has 1 aliphatic heterocycles. The zero-order valence-corrected chi connectivity index (χ0v) is 15.6. The second kappa shape index (κ2) is 11.5. The lowest BCUT2D eigenvalue weighted by molar-refractivity contribution is -0.159. The quantitative estimate of drug-likeness (QED) is 0.503. The summed E-state index contributed by atoms with van der Waals surface area (Å²) >= 11 is 0. The largest absolute Gasteiger partial charge is 0.497 e. The van der Waals surface area contributed by atoms with Crippen LogP contribution in [-0.4, -0.2) is 65.6 Å². The third kappa shape index (κ3) is 8.49. The number of carboxylic acid groups (broad SMARTS) is 2. The van der Waals surface area contributed by atoms with E-state index in [4.69, 9.17) is 30.3 Å². The molecule has 10 nitrogen and oxygen atoms in total. The van der Waals surface area contributed by atoms with Gasteiger partial charge in [-0.2, -0.15) is 0 Å². The lowest BCUT2D eigenvalue weighted by atomic mass is 9.96. The molecular formula is C18H25N3O7. The minimum Gasteiger partial charge on any atom is -0.497 e. The maximum atomic E-state index is 12.0. The molecule has 0 spiro atoms. The number of aliphatic carboxylic acids is 2. The first kappa shape index (κ1) is 22.9. The summed E-state index contributed by atoms with van der Waals surface area (Å²) in [6.45, 7) is 2.33. The van der Waals surface area contributed by atoms with Crippen molar-refractivity contribution in [3.8, 4) is 5.75 Å². The molecule has 0 unspecified atom stereocenters. The van der Waals surface area contributed by atoms with E-state index in [2.05, 4.69) is 10.2 Å². The number of carbonyl (C=O) groups is 4. The number of carbonyl (C=O) groups excluding carboxylic acids is 2.